The second-order valence-corrected chi connectivity index (χ2v) is 7.35. The SMILES string of the molecule is Nc1ncnc2c1ncn2CC(=O)N1C[C@H](F)C[C@H]1C(=O)Nc1cccc(Br)n1. The Bertz CT molecular complexity index is 1090. The average Bonchev–Trinajstić information content (AvgIpc) is 3.26. The first-order valence-electron chi connectivity index (χ1n) is 8.70. The van der Waals surface area contributed by atoms with Gasteiger partial charge in [-0.2, -0.15) is 0 Å². The molecule has 0 aliphatic carbocycles. The van der Waals surface area contributed by atoms with Gasteiger partial charge in [0.15, 0.2) is 11.5 Å². The quantitative estimate of drug-likeness (QED) is 0.555. The topological polar surface area (TPSA) is 132 Å². The molecule has 0 radical (unpaired) electrons. The third-order valence-electron chi connectivity index (χ3n) is 4.57. The molecule has 0 spiro atoms. The number of imidazole rings is 1. The van der Waals surface area contributed by atoms with E-state index < -0.39 is 24.0 Å². The molecule has 3 aromatic rings. The highest BCUT2D eigenvalue weighted by atomic mass is 79.9. The van der Waals surface area contributed by atoms with Crippen LogP contribution in [-0.4, -0.2) is 60.0 Å². The van der Waals surface area contributed by atoms with Crippen LogP contribution in [0.15, 0.2) is 35.5 Å². The van der Waals surface area contributed by atoms with Gasteiger partial charge in [-0.1, -0.05) is 6.07 Å². The summed E-state index contributed by atoms with van der Waals surface area (Å²) in [6, 6.07) is 4.09. The van der Waals surface area contributed by atoms with Crippen LogP contribution in [-0.2, 0) is 16.1 Å². The number of hydrogen-bond acceptors (Lipinski definition) is 7. The van der Waals surface area contributed by atoms with Crippen LogP contribution in [0.3, 0.4) is 0 Å². The zero-order chi connectivity index (χ0) is 20.5. The summed E-state index contributed by atoms with van der Waals surface area (Å²) in [7, 11) is 0. The molecule has 0 bridgehead atoms. The minimum absolute atomic E-state index is 0.0780. The number of nitrogens with zero attached hydrogens (tertiary/aromatic N) is 6. The van der Waals surface area contributed by atoms with Gasteiger partial charge in [0.05, 0.1) is 12.9 Å². The Labute approximate surface area is 172 Å². The van der Waals surface area contributed by atoms with Crippen LogP contribution < -0.4 is 11.1 Å². The first-order chi connectivity index (χ1) is 13.9. The van der Waals surface area contributed by atoms with Crippen molar-refractivity contribution in [3.05, 3.63) is 35.5 Å². The lowest BCUT2D eigenvalue weighted by molar-refractivity contribution is -0.137. The van der Waals surface area contributed by atoms with E-state index in [1.165, 1.54) is 22.1 Å². The first kappa shape index (κ1) is 19.2. The number of nitrogen functional groups attached to an aromatic ring is 1. The minimum Gasteiger partial charge on any atom is -0.382 e. The van der Waals surface area contributed by atoms with Crippen molar-refractivity contribution < 1.29 is 14.0 Å². The molecule has 2 amide bonds. The average molecular weight is 463 g/mol. The van der Waals surface area contributed by atoms with E-state index >= 15 is 0 Å². The number of aromatic nitrogens is 5. The lowest BCUT2D eigenvalue weighted by atomic mass is 10.2. The number of anilines is 2. The number of likely N-dealkylation sites (tertiary alicyclic amines) is 1. The molecule has 12 heteroatoms. The Morgan fingerprint density at radius 3 is 2.93 bits per heavy atom. The minimum atomic E-state index is -1.29. The largest absolute Gasteiger partial charge is 0.382 e. The molecule has 1 aliphatic heterocycles. The van der Waals surface area contributed by atoms with Crippen LogP contribution in [0.5, 0.6) is 0 Å². The van der Waals surface area contributed by atoms with Crippen LogP contribution in [0.4, 0.5) is 16.0 Å². The molecule has 3 aromatic heterocycles. The van der Waals surface area contributed by atoms with Gasteiger partial charge in [0.1, 0.15) is 41.0 Å². The molecule has 0 saturated carbocycles. The number of alkyl halides is 1. The van der Waals surface area contributed by atoms with Crippen molar-refractivity contribution in [3.63, 3.8) is 0 Å². The molecule has 2 atom stereocenters. The van der Waals surface area contributed by atoms with E-state index in [1.807, 2.05) is 0 Å². The van der Waals surface area contributed by atoms with E-state index in [4.69, 9.17) is 5.73 Å². The first-order valence-corrected chi connectivity index (χ1v) is 9.50. The van der Waals surface area contributed by atoms with Gasteiger partial charge in [-0.3, -0.25) is 9.59 Å². The Hall–Kier alpha value is -3.15. The van der Waals surface area contributed by atoms with E-state index in [1.54, 1.807) is 18.2 Å². The van der Waals surface area contributed by atoms with Gasteiger partial charge >= 0.3 is 0 Å². The number of hydrogen-bond donors (Lipinski definition) is 2. The van der Waals surface area contributed by atoms with E-state index in [0.717, 1.165) is 0 Å². The lowest BCUT2D eigenvalue weighted by Gasteiger charge is -2.23. The zero-order valence-electron chi connectivity index (χ0n) is 15.0. The number of carbonyl (C=O) groups excluding carboxylic acids is 2. The number of carbonyl (C=O) groups is 2. The van der Waals surface area contributed by atoms with Crippen molar-refractivity contribution in [2.45, 2.75) is 25.2 Å². The molecule has 150 valence electrons. The number of halogens is 2. The highest BCUT2D eigenvalue weighted by Crippen LogP contribution is 2.23. The Balaban J connectivity index is 1.51. The summed E-state index contributed by atoms with van der Waals surface area (Å²) in [5, 5.41) is 2.63. The second-order valence-electron chi connectivity index (χ2n) is 6.53. The molecule has 3 N–H and O–H groups in total. The van der Waals surface area contributed by atoms with Gasteiger partial charge in [-0.25, -0.2) is 24.3 Å². The van der Waals surface area contributed by atoms with Crippen LogP contribution in [0.2, 0.25) is 0 Å². The molecule has 29 heavy (non-hydrogen) atoms. The zero-order valence-corrected chi connectivity index (χ0v) is 16.6. The Kier molecular flexibility index (Phi) is 5.09. The van der Waals surface area contributed by atoms with Gasteiger partial charge in [0, 0.05) is 6.42 Å². The highest BCUT2D eigenvalue weighted by Gasteiger charge is 2.40. The van der Waals surface area contributed by atoms with Gasteiger partial charge in [0.25, 0.3) is 0 Å². The maximum atomic E-state index is 14.1. The third kappa shape index (κ3) is 3.88. The van der Waals surface area contributed by atoms with Crippen LogP contribution >= 0.6 is 15.9 Å². The molecule has 4 rings (SSSR count). The fourth-order valence-electron chi connectivity index (χ4n) is 3.25. The normalized spacial score (nSPS) is 18.9. The van der Waals surface area contributed by atoms with E-state index in [2.05, 4.69) is 41.2 Å². The maximum Gasteiger partial charge on any atom is 0.248 e. The molecule has 1 saturated heterocycles. The highest BCUT2D eigenvalue weighted by molar-refractivity contribution is 9.10. The fourth-order valence-corrected chi connectivity index (χ4v) is 3.59. The molecule has 4 heterocycles. The number of rotatable bonds is 4. The van der Waals surface area contributed by atoms with Gasteiger partial charge in [-0.05, 0) is 28.1 Å². The summed E-state index contributed by atoms with van der Waals surface area (Å²) in [5.41, 5.74) is 6.52. The molecule has 1 aliphatic rings. The molecular formula is C17H16BrFN8O2. The smallest absolute Gasteiger partial charge is 0.248 e. The summed E-state index contributed by atoms with van der Waals surface area (Å²) in [4.78, 5) is 42.9. The number of amides is 2. The maximum absolute atomic E-state index is 14.1. The predicted molar refractivity (Wildman–Crippen MR) is 105 cm³/mol. The van der Waals surface area contributed by atoms with Crippen molar-refractivity contribution in [2.24, 2.45) is 0 Å². The van der Waals surface area contributed by atoms with E-state index in [9.17, 15) is 14.0 Å². The second kappa shape index (κ2) is 7.70. The van der Waals surface area contributed by atoms with E-state index in [0.29, 0.717) is 21.6 Å². The van der Waals surface area contributed by atoms with Crippen LogP contribution in [0, 0.1) is 0 Å². The molecule has 10 nitrogen and oxygen atoms in total. The number of nitrogens with one attached hydrogen (secondary N) is 1. The monoisotopic (exact) mass is 462 g/mol. The van der Waals surface area contributed by atoms with Crippen molar-refractivity contribution in [1.29, 1.82) is 0 Å². The van der Waals surface area contributed by atoms with Gasteiger partial charge in [-0.15, -0.1) is 0 Å². The number of nitrogens with two attached hydrogens (primary N) is 1. The van der Waals surface area contributed by atoms with Gasteiger partial charge in [0.2, 0.25) is 11.8 Å². The summed E-state index contributed by atoms with van der Waals surface area (Å²) in [6.45, 7) is -0.314. The Morgan fingerprint density at radius 1 is 1.31 bits per heavy atom. The summed E-state index contributed by atoms with van der Waals surface area (Å²) < 4.78 is 16.1. The third-order valence-corrected chi connectivity index (χ3v) is 5.02. The molecule has 0 unspecified atom stereocenters. The van der Waals surface area contributed by atoms with E-state index in [-0.39, 0.29) is 25.3 Å². The van der Waals surface area contributed by atoms with Crippen molar-refractivity contribution in [3.8, 4) is 0 Å². The van der Waals surface area contributed by atoms with Crippen molar-refractivity contribution in [1.82, 2.24) is 29.4 Å². The fraction of sp³-hybridized carbons (Fsp3) is 0.294. The summed E-state index contributed by atoms with van der Waals surface area (Å²) >= 11 is 3.22. The molecular weight excluding hydrogens is 447 g/mol. The number of fused-ring (bicyclic) bond motifs is 1. The lowest BCUT2D eigenvalue weighted by Crippen LogP contribution is -2.44. The Morgan fingerprint density at radius 2 is 2.14 bits per heavy atom. The summed E-state index contributed by atoms with van der Waals surface area (Å²) in [6.07, 6.45) is 1.32. The van der Waals surface area contributed by atoms with Crippen molar-refractivity contribution in [2.75, 3.05) is 17.6 Å². The standard InChI is InChI=1S/C17H16BrFN8O2/c18-11-2-1-3-12(24-11)25-17(29)10-4-9(19)5-27(10)13(28)6-26-8-23-14-15(20)21-7-22-16(14)26/h1-3,7-10H,4-6H2,(H2,20,21,22)(H,24,25,29)/t9-,10+/m1/s1. The summed E-state index contributed by atoms with van der Waals surface area (Å²) in [5.74, 6) is -0.410. The van der Waals surface area contributed by atoms with Crippen LogP contribution in [0.1, 0.15) is 6.42 Å². The number of pyridine rings is 1. The van der Waals surface area contributed by atoms with Gasteiger partial charge < -0.3 is 20.5 Å². The predicted octanol–water partition coefficient (Wildman–Crippen LogP) is 1.14. The van der Waals surface area contributed by atoms with Crippen molar-refractivity contribution >= 4 is 50.5 Å². The molecule has 1 fully saturated rings. The molecule has 0 aromatic carbocycles. The van der Waals surface area contributed by atoms with Crippen LogP contribution in [0.25, 0.3) is 11.2 Å².